The normalized spacial score (nSPS) is 11.7. The number of hydrogen-bond donors (Lipinski definition) is 2. The number of hydrogen-bond acceptors (Lipinski definition) is 3. The molecule has 0 radical (unpaired) electrons. The van der Waals surface area contributed by atoms with Gasteiger partial charge in [0, 0.05) is 6.54 Å². The summed E-state index contributed by atoms with van der Waals surface area (Å²) >= 11 is 0. The first-order valence-electron chi connectivity index (χ1n) is 3.37. The lowest BCUT2D eigenvalue weighted by Gasteiger charge is -2.07. The van der Waals surface area contributed by atoms with Crippen LogP contribution in [0.25, 0.3) is 0 Å². The van der Waals surface area contributed by atoms with Gasteiger partial charge in [-0.25, -0.2) is 4.79 Å². The maximum absolute atomic E-state index is 10.8. The van der Waals surface area contributed by atoms with E-state index in [1.807, 2.05) is 0 Å². The molecular weight excluding hydrogens is 158 g/mol. The van der Waals surface area contributed by atoms with Gasteiger partial charge in [0.25, 0.3) is 5.78 Å². The van der Waals surface area contributed by atoms with Gasteiger partial charge < -0.3 is 10.4 Å². The molecule has 0 heterocycles. The molecule has 1 unspecified atom stereocenters. The maximum atomic E-state index is 10.8. The number of carboxylic acids is 1. The Kier molecular flexibility index (Phi) is 4.64. The standard InChI is InChI=1S/C8H11NO3/c1-3-5-9-6(4-2)7(10)8(11)12/h3-4,6,9H,1-2,5H2,(H,11,12). The number of carbonyl (C=O) groups excluding carboxylic acids is 1. The molecule has 12 heavy (non-hydrogen) atoms. The van der Waals surface area contributed by atoms with Crippen LogP contribution in [-0.2, 0) is 9.59 Å². The van der Waals surface area contributed by atoms with Crippen molar-refractivity contribution in [3.8, 4) is 0 Å². The molecule has 0 aromatic carbocycles. The third-order valence-corrected chi connectivity index (χ3v) is 1.21. The highest BCUT2D eigenvalue weighted by molar-refractivity contribution is 6.35. The summed E-state index contributed by atoms with van der Waals surface area (Å²) in [5.41, 5.74) is 0. The first-order chi connectivity index (χ1) is 5.63. The topological polar surface area (TPSA) is 66.4 Å². The summed E-state index contributed by atoms with van der Waals surface area (Å²) in [5.74, 6) is -2.37. The highest BCUT2D eigenvalue weighted by atomic mass is 16.4. The van der Waals surface area contributed by atoms with Crippen LogP contribution in [0.3, 0.4) is 0 Å². The number of aliphatic carboxylic acids is 1. The number of carbonyl (C=O) groups is 2. The Balaban J connectivity index is 4.14. The Labute approximate surface area is 70.6 Å². The zero-order valence-electron chi connectivity index (χ0n) is 6.62. The van der Waals surface area contributed by atoms with E-state index in [0.717, 1.165) is 0 Å². The van der Waals surface area contributed by atoms with Gasteiger partial charge in [-0.3, -0.25) is 4.79 Å². The van der Waals surface area contributed by atoms with E-state index in [0.29, 0.717) is 6.54 Å². The van der Waals surface area contributed by atoms with Crippen LogP contribution in [0, 0.1) is 0 Å². The molecular formula is C8H11NO3. The average Bonchev–Trinajstić information content (AvgIpc) is 2.05. The molecule has 0 aromatic heterocycles. The van der Waals surface area contributed by atoms with Gasteiger partial charge in [0.05, 0.1) is 6.04 Å². The van der Waals surface area contributed by atoms with Crippen molar-refractivity contribution in [2.24, 2.45) is 0 Å². The van der Waals surface area contributed by atoms with Crippen LogP contribution in [0.15, 0.2) is 25.3 Å². The number of nitrogens with one attached hydrogen (secondary N) is 1. The predicted octanol–water partition coefficient (Wildman–Crippen LogP) is -0.0297. The van der Waals surface area contributed by atoms with Gasteiger partial charge in [-0.15, -0.1) is 13.2 Å². The molecule has 0 amide bonds. The van der Waals surface area contributed by atoms with Gasteiger partial charge in [0.2, 0.25) is 0 Å². The van der Waals surface area contributed by atoms with Crippen molar-refractivity contribution in [2.75, 3.05) is 6.54 Å². The fourth-order valence-corrected chi connectivity index (χ4v) is 0.626. The molecule has 0 aromatic rings. The number of Topliss-reactive ketones (excluding diaryl/α,β-unsaturated/α-hetero) is 1. The zero-order chi connectivity index (χ0) is 9.56. The Hall–Kier alpha value is -1.42. The van der Waals surface area contributed by atoms with Crippen LogP contribution in [0.1, 0.15) is 0 Å². The van der Waals surface area contributed by atoms with Crippen molar-refractivity contribution in [3.05, 3.63) is 25.3 Å². The van der Waals surface area contributed by atoms with Crippen LogP contribution in [0.4, 0.5) is 0 Å². The van der Waals surface area contributed by atoms with E-state index < -0.39 is 17.8 Å². The minimum atomic E-state index is -1.46. The van der Waals surface area contributed by atoms with E-state index in [9.17, 15) is 9.59 Å². The Morgan fingerprint density at radius 3 is 2.42 bits per heavy atom. The summed E-state index contributed by atoms with van der Waals surface area (Å²) < 4.78 is 0. The molecule has 0 spiro atoms. The minimum absolute atomic E-state index is 0.371. The van der Waals surface area contributed by atoms with Gasteiger partial charge >= 0.3 is 5.97 Å². The average molecular weight is 169 g/mol. The zero-order valence-corrected chi connectivity index (χ0v) is 6.62. The van der Waals surface area contributed by atoms with E-state index >= 15 is 0 Å². The first kappa shape index (κ1) is 10.6. The summed E-state index contributed by atoms with van der Waals surface area (Å²) in [7, 11) is 0. The molecule has 0 aliphatic carbocycles. The Morgan fingerprint density at radius 2 is 2.08 bits per heavy atom. The molecule has 2 N–H and O–H groups in total. The lowest BCUT2D eigenvalue weighted by Crippen LogP contribution is -2.39. The van der Waals surface area contributed by atoms with Crippen LogP contribution in [0.5, 0.6) is 0 Å². The summed E-state index contributed by atoms with van der Waals surface area (Å²) in [5, 5.41) is 11.0. The Morgan fingerprint density at radius 1 is 1.50 bits per heavy atom. The fourth-order valence-electron chi connectivity index (χ4n) is 0.626. The molecule has 0 saturated heterocycles. The highest BCUT2D eigenvalue weighted by Gasteiger charge is 2.20. The molecule has 0 rings (SSSR count). The number of ketones is 1. The molecule has 1 atom stereocenters. The molecule has 0 bridgehead atoms. The molecule has 4 heteroatoms. The molecule has 0 aliphatic rings. The summed E-state index contributed by atoms with van der Waals surface area (Å²) in [6, 6.07) is -0.833. The van der Waals surface area contributed by atoms with Crippen molar-refractivity contribution in [1.82, 2.24) is 5.32 Å². The van der Waals surface area contributed by atoms with Gasteiger partial charge in [0.1, 0.15) is 0 Å². The van der Waals surface area contributed by atoms with Crippen molar-refractivity contribution >= 4 is 11.8 Å². The van der Waals surface area contributed by atoms with E-state index in [-0.39, 0.29) is 0 Å². The van der Waals surface area contributed by atoms with Crippen LogP contribution in [0.2, 0.25) is 0 Å². The summed E-state index contributed by atoms with van der Waals surface area (Å²) in [4.78, 5) is 21.0. The second-order valence-electron chi connectivity index (χ2n) is 2.08. The lowest BCUT2D eigenvalue weighted by atomic mass is 10.2. The van der Waals surface area contributed by atoms with Gasteiger partial charge in [0.15, 0.2) is 0 Å². The van der Waals surface area contributed by atoms with Crippen molar-refractivity contribution in [1.29, 1.82) is 0 Å². The minimum Gasteiger partial charge on any atom is -0.475 e. The second-order valence-corrected chi connectivity index (χ2v) is 2.08. The molecule has 0 fully saturated rings. The van der Waals surface area contributed by atoms with Crippen LogP contribution < -0.4 is 5.32 Å². The fraction of sp³-hybridized carbons (Fsp3) is 0.250. The van der Waals surface area contributed by atoms with Gasteiger partial charge in [-0.05, 0) is 0 Å². The van der Waals surface area contributed by atoms with E-state index in [1.54, 1.807) is 0 Å². The quantitative estimate of drug-likeness (QED) is 0.433. The highest BCUT2D eigenvalue weighted by Crippen LogP contribution is 1.88. The smallest absolute Gasteiger partial charge is 0.374 e. The third-order valence-electron chi connectivity index (χ3n) is 1.21. The summed E-state index contributed by atoms with van der Waals surface area (Å²) in [6.45, 7) is 7.12. The van der Waals surface area contributed by atoms with E-state index in [2.05, 4.69) is 18.5 Å². The summed E-state index contributed by atoms with van der Waals surface area (Å²) in [6.07, 6.45) is 2.78. The Bertz CT molecular complexity index is 210. The number of carboxylic acid groups (broad SMARTS) is 1. The van der Waals surface area contributed by atoms with Crippen LogP contribution in [-0.4, -0.2) is 29.4 Å². The lowest BCUT2D eigenvalue weighted by molar-refractivity contribution is -0.149. The van der Waals surface area contributed by atoms with Crippen molar-refractivity contribution in [2.45, 2.75) is 6.04 Å². The first-order valence-corrected chi connectivity index (χ1v) is 3.37. The number of rotatable bonds is 6. The van der Waals surface area contributed by atoms with Crippen molar-refractivity contribution in [3.63, 3.8) is 0 Å². The monoisotopic (exact) mass is 169 g/mol. The largest absolute Gasteiger partial charge is 0.475 e. The maximum Gasteiger partial charge on any atom is 0.374 e. The third kappa shape index (κ3) is 3.12. The molecule has 0 aliphatic heterocycles. The molecule has 66 valence electrons. The predicted molar refractivity (Wildman–Crippen MR) is 44.8 cm³/mol. The van der Waals surface area contributed by atoms with Crippen molar-refractivity contribution < 1.29 is 14.7 Å². The van der Waals surface area contributed by atoms with E-state index in [1.165, 1.54) is 12.2 Å². The van der Waals surface area contributed by atoms with Gasteiger partial charge in [-0.1, -0.05) is 12.2 Å². The molecule has 0 saturated carbocycles. The SMILES string of the molecule is C=CCNC(C=C)C(=O)C(=O)O. The van der Waals surface area contributed by atoms with Gasteiger partial charge in [-0.2, -0.15) is 0 Å². The molecule has 4 nitrogen and oxygen atoms in total. The second kappa shape index (κ2) is 5.26. The van der Waals surface area contributed by atoms with Crippen LogP contribution >= 0.6 is 0 Å². The van der Waals surface area contributed by atoms with E-state index in [4.69, 9.17) is 5.11 Å².